The van der Waals surface area contributed by atoms with Crippen LogP contribution in [0.5, 0.6) is 0 Å². The highest BCUT2D eigenvalue weighted by Gasteiger charge is 2.56. The minimum atomic E-state index is -1.05. The number of rotatable bonds is 7. The first kappa shape index (κ1) is 23.6. The molecule has 1 aliphatic carbocycles. The molecule has 0 saturated heterocycles. The Morgan fingerprint density at radius 3 is 2.45 bits per heavy atom. The number of nitrogens with zero attached hydrogens (tertiary/aromatic N) is 2. The summed E-state index contributed by atoms with van der Waals surface area (Å²) in [6.07, 6.45) is 7.41. The van der Waals surface area contributed by atoms with Crippen molar-refractivity contribution >= 4 is 27.8 Å². The Hall–Kier alpha value is -2.52. The van der Waals surface area contributed by atoms with Crippen molar-refractivity contribution in [1.29, 1.82) is 0 Å². The van der Waals surface area contributed by atoms with Crippen LogP contribution >= 0.6 is 10.0 Å². The van der Waals surface area contributed by atoms with Gasteiger partial charge in [0.2, 0.25) is 5.91 Å². The van der Waals surface area contributed by atoms with Gasteiger partial charge in [0.05, 0.1) is 29.1 Å². The minimum absolute atomic E-state index is 0.0300. The van der Waals surface area contributed by atoms with Crippen molar-refractivity contribution in [3.05, 3.63) is 47.2 Å². The molecule has 9 heteroatoms. The van der Waals surface area contributed by atoms with E-state index >= 15 is 0 Å². The predicted molar refractivity (Wildman–Crippen MR) is 131 cm³/mol. The molecule has 0 radical (unpaired) electrons. The van der Waals surface area contributed by atoms with Gasteiger partial charge in [0.25, 0.3) is 0 Å². The normalized spacial score (nSPS) is 19.5. The van der Waals surface area contributed by atoms with Gasteiger partial charge in [-0.2, -0.15) is 5.10 Å². The predicted octanol–water partition coefficient (Wildman–Crippen LogP) is 4.15. The number of methoxy groups -OCH3 is 1. The molecule has 1 unspecified atom stereocenters. The van der Waals surface area contributed by atoms with Crippen LogP contribution in [0.2, 0.25) is 0 Å². The first-order valence-electron chi connectivity index (χ1n) is 11.1. The molecule has 180 valence electrons. The lowest BCUT2D eigenvalue weighted by atomic mass is 10.0. The van der Waals surface area contributed by atoms with E-state index in [2.05, 4.69) is 34.3 Å². The van der Waals surface area contributed by atoms with Gasteiger partial charge in [0, 0.05) is 12.7 Å². The van der Waals surface area contributed by atoms with Crippen molar-refractivity contribution in [2.45, 2.75) is 49.6 Å². The highest BCUT2D eigenvalue weighted by Crippen LogP contribution is 2.64. The van der Waals surface area contributed by atoms with E-state index in [9.17, 15) is 9.59 Å². The number of carbonyl (C=O) groups excluding carboxylic acids is 2. The summed E-state index contributed by atoms with van der Waals surface area (Å²) in [7, 11) is 0.538. The van der Waals surface area contributed by atoms with Crippen molar-refractivity contribution in [2.75, 3.05) is 37.8 Å². The number of carbonyl (C=O) groups is 2. The summed E-state index contributed by atoms with van der Waals surface area (Å²) in [5, 5.41) is 10.5. The van der Waals surface area contributed by atoms with Crippen molar-refractivity contribution in [3.63, 3.8) is 0 Å². The molecule has 4 rings (SSSR count). The van der Waals surface area contributed by atoms with Gasteiger partial charge in [-0.1, -0.05) is 30.3 Å². The summed E-state index contributed by atoms with van der Waals surface area (Å²) < 4.78 is 10.9. The topological polar surface area (TPSA) is 96.6 Å². The van der Waals surface area contributed by atoms with Crippen LogP contribution in [-0.4, -0.2) is 64.3 Å². The number of hydrogen-bond donors (Lipinski definition) is 2. The van der Waals surface area contributed by atoms with Gasteiger partial charge in [0.15, 0.2) is 11.9 Å². The molecular formula is C24H34N4O4S. The summed E-state index contributed by atoms with van der Waals surface area (Å²) in [6.45, 7) is 4.45. The zero-order valence-corrected chi connectivity index (χ0v) is 21.0. The average Bonchev–Trinajstić information content (AvgIpc) is 3.43. The lowest BCUT2D eigenvalue weighted by Gasteiger charge is -2.35. The second-order valence-corrected chi connectivity index (χ2v) is 14.6. The summed E-state index contributed by atoms with van der Waals surface area (Å²) in [6, 6.07) is 9.56. The summed E-state index contributed by atoms with van der Waals surface area (Å²) in [5.41, 5.74) is 1.85. The molecule has 1 aromatic heterocycles. The van der Waals surface area contributed by atoms with E-state index in [1.54, 1.807) is 12.0 Å². The maximum Gasteiger partial charge on any atom is 0.411 e. The van der Waals surface area contributed by atoms with Crippen molar-refractivity contribution in [1.82, 2.24) is 15.1 Å². The molecule has 1 fully saturated rings. The molecule has 0 spiro atoms. The molecule has 2 heterocycles. The van der Waals surface area contributed by atoms with Crippen LogP contribution in [-0.2, 0) is 26.4 Å². The number of fused-ring (bicyclic) bond motifs is 1. The molecule has 2 N–H and O–H groups in total. The third-order valence-electron chi connectivity index (χ3n) is 6.94. The van der Waals surface area contributed by atoms with Gasteiger partial charge in [-0.15, -0.1) is 0 Å². The lowest BCUT2D eigenvalue weighted by molar-refractivity contribution is -0.116. The van der Waals surface area contributed by atoms with E-state index in [0.29, 0.717) is 12.4 Å². The molecule has 1 atom stereocenters. The fourth-order valence-corrected chi connectivity index (χ4v) is 6.50. The molecule has 1 aromatic carbocycles. The molecule has 8 nitrogen and oxygen atoms in total. The number of aromatic nitrogens is 2. The highest BCUT2D eigenvalue weighted by atomic mass is 32.3. The van der Waals surface area contributed by atoms with Crippen LogP contribution in [0.4, 0.5) is 10.6 Å². The average molecular weight is 475 g/mol. The van der Waals surface area contributed by atoms with E-state index in [1.165, 1.54) is 0 Å². The maximum atomic E-state index is 13.3. The largest absolute Gasteiger partial charge is 0.439 e. The Kier molecular flexibility index (Phi) is 5.99. The van der Waals surface area contributed by atoms with Gasteiger partial charge >= 0.3 is 6.09 Å². The van der Waals surface area contributed by atoms with Crippen LogP contribution in [0, 0.1) is 0 Å². The third-order valence-corrected chi connectivity index (χ3v) is 9.88. The fraction of sp³-hybridized carbons (Fsp3) is 0.542. The van der Waals surface area contributed by atoms with Gasteiger partial charge in [-0.05, 0) is 51.0 Å². The van der Waals surface area contributed by atoms with E-state index in [4.69, 9.17) is 9.47 Å². The molecule has 0 bridgehead atoms. The summed E-state index contributed by atoms with van der Waals surface area (Å²) in [5.74, 6) is 0.534. The zero-order valence-electron chi connectivity index (χ0n) is 20.2. The Morgan fingerprint density at radius 1 is 1.21 bits per heavy atom. The number of ether oxygens (including phenoxy) is 2. The molecule has 1 saturated carbocycles. The van der Waals surface area contributed by atoms with E-state index in [-0.39, 0.29) is 17.3 Å². The second-order valence-electron chi connectivity index (χ2n) is 10.1. The number of H-pyrrole nitrogens is 1. The van der Waals surface area contributed by atoms with Crippen LogP contribution in [0.25, 0.3) is 0 Å². The minimum Gasteiger partial charge on any atom is -0.439 e. The number of amides is 2. The van der Waals surface area contributed by atoms with Crippen LogP contribution < -0.4 is 5.32 Å². The van der Waals surface area contributed by atoms with Gasteiger partial charge in [0.1, 0.15) is 0 Å². The Balaban J connectivity index is 1.52. The van der Waals surface area contributed by atoms with Crippen molar-refractivity contribution in [2.24, 2.45) is 0 Å². The van der Waals surface area contributed by atoms with Crippen LogP contribution in [0.15, 0.2) is 30.3 Å². The first-order valence-corrected chi connectivity index (χ1v) is 14.0. The van der Waals surface area contributed by atoms with E-state index in [1.807, 2.05) is 44.2 Å². The van der Waals surface area contributed by atoms with Crippen molar-refractivity contribution < 1.29 is 19.1 Å². The lowest BCUT2D eigenvalue weighted by Crippen LogP contribution is -2.41. The van der Waals surface area contributed by atoms with Gasteiger partial charge in [-0.3, -0.25) is 14.8 Å². The summed E-state index contributed by atoms with van der Waals surface area (Å²) in [4.78, 5) is 28.0. The number of nitrogens with one attached hydrogen (secondary N) is 2. The molecule has 2 aliphatic rings. The zero-order chi connectivity index (χ0) is 24.0. The monoisotopic (exact) mass is 474 g/mol. The highest BCUT2D eigenvalue weighted by molar-refractivity contribution is 8.34. The smallest absolute Gasteiger partial charge is 0.411 e. The Bertz CT molecular complexity index is 1040. The third kappa shape index (κ3) is 4.12. The molecule has 2 aromatic rings. The first-order chi connectivity index (χ1) is 15.5. The Labute approximate surface area is 196 Å². The number of benzene rings is 1. The van der Waals surface area contributed by atoms with E-state index < -0.39 is 27.8 Å². The number of aromatic amines is 1. The van der Waals surface area contributed by atoms with Crippen molar-refractivity contribution in [3.8, 4) is 0 Å². The summed E-state index contributed by atoms with van der Waals surface area (Å²) >= 11 is 0. The SMILES string of the molecule is COCC(OC(=O)N1Cc2c(NC(=O)C3(S(C)(C)C)CC3)n[nH]c2C1(C)C)c1ccccc1. The fourth-order valence-electron chi connectivity index (χ4n) is 4.57. The maximum absolute atomic E-state index is 13.3. The van der Waals surface area contributed by atoms with Crippen LogP contribution in [0.3, 0.4) is 0 Å². The van der Waals surface area contributed by atoms with E-state index in [0.717, 1.165) is 29.7 Å². The molecule has 33 heavy (non-hydrogen) atoms. The standard InChI is InChI=1S/C24H34N4O4S/c1-23(2)19-17(20(27-26-19)25-21(29)24(12-13-24)33(4,5)6)14-28(23)22(30)32-18(15-31-3)16-10-8-7-9-11-16/h7-11,18H,12-15H2,1-6H3,(H2,25,26,27,29). The quantitative estimate of drug-likeness (QED) is 0.628. The molecular weight excluding hydrogens is 440 g/mol. The van der Waals surface area contributed by atoms with Crippen LogP contribution in [0.1, 0.15) is 49.6 Å². The number of hydrogen-bond acceptors (Lipinski definition) is 5. The molecule has 2 amide bonds. The van der Waals surface area contributed by atoms with Gasteiger partial charge in [-0.25, -0.2) is 14.8 Å². The molecule has 1 aliphatic heterocycles. The van der Waals surface area contributed by atoms with Gasteiger partial charge < -0.3 is 14.8 Å². The Morgan fingerprint density at radius 2 is 1.88 bits per heavy atom. The second kappa shape index (κ2) is 8.36. The number of anilines is 1.